The highest BCUT2D eigenvalue weighted by Gasteiger charge is 2.30. The van der Waals surface area contributed by atoms with E-state index in [-0.39, 0.29) is 10.8 Å². The molecule has 0 bridgehead atoms. The number of nitrogens with zero attached hydrogens (tertiary/aromatic N) is 2. The molecule has 1 aromatic heterocycles. The lowest BCUT2D eigenvalue weighted by Crippen LogP contribution is -2.38. The summed E-state index contributed by atoms with van der Waals surface area (Å²) in [4.78, 5) is 12.7. The van der Waals surface area contributed by atoms with E-state index in [1.165, 1.54) is 22.1 Å². The van der Waals surface area contributed by atoms with Crippen LogP contribution in [0.3, 0.4) is 0 Å². The molecule has 1 unspecified atom stereocenters. The number of carbonyl (C=O) groups excluding carboxylic acids is 1. The van der Waals surface area contributed by atoms with Crippen molar-refractivity contribution in [3.05, 3.63) is 29.6 Å². The second-order valence-corrected chi connectivity index (χ2v) is 9.22. The van der Waals surface area contributed by atoms with E-state index in [1.54, 1.807) is 11.6 Å². The van der Waals surface area contributed by atoms with Gasteiger partial charge < -0.3 is 15.2 Å². The minimum atomic E-state index is -3.55. The number of hydrogen-bond acceptors (Lipinski definition) is 4. The molecule has 1 saturated heterocycles. The van der Waals surface area contributed by atoms with Crippen LogP contribution in [0.2, 0.25) is 0 Å². The minimum absolute atomic E-state index is 0.195. The van der Waals surface area contributed by atoms with E-state index in [0.29, 0.717) is 31.2 Å². The fourth-order valence-electron chi connectivity index (χ4n) is 3.53. The van der Waals surface area contributed by atoms with Crippen LogP contribution in [-0.4, -0.2) is 55.9 Å². The lowest BCUT2D eigenvalue weighted by Gasteiger charge is -2.29. The van der Waals surface area contributed by atoms with Crippen LogP contribution >= 0.6 is 0 Å². The molecule has 2 N–H and O–H groups in total. The van der Waals surface area contributed by atoms with Crippen molar-refractivity contribution in [3.8, 4) is 0 Å². The molecule has 3 heterocycles. The second kappa shape index (κ2) is 7.94. The molecule has 0 radical (unpaired) electrons. The summed E-state index contributed by atoms with van der Waals surface area (Å²) in [6.07, 6.45) is 6.47. The van der Waals surface area contributed by atoms with E-state index in [4.69, 9.17) is 0 Å². The normalized spacial score (nSPS) is 22.1. The van der Waals surface area contributed by atoms with E-state index >= 15 is 0 Å². The lowest BCUT2D eigenvalue weighted by atomic mass is 10.0. The van der Waals surface area contributed by atoms with Crippen LogP contribution in [0, 0.1) is 5.92 Å². The molecule has 8 heteroatoms. The zero-order valence-corrected chi connectivity index (χ0v) is 16.3. The Balaban J connectivity index is 1.71. The van der Waals surface area contributed by atoms with Crippen molar-refractivity contribution >= 4 is 15.9 Å². The summed E-state index contributed by atoms with van der Waals surface area (Å²) < 4.78 is 28.9. The number of aryl methyl sites for hydroxylation is 1. The highest BCUT2D eigenvalue weighted by Crippen LogP contribution is 2.24. The maximum Gasteiger partial charge on any atom is 0.268 e. The molecule has 1 fully saturated rings. The largest absolute Gasteiger partial charge is 0.347 e. The van der Waals surface area contributed by atoms with E-state index in [1.807, 2.05) is 0 Å². The summed E-state index contributed by atoms with van der Waals surface area (Å²) in [6, 6.07) is 1.49. The van der Waals surface area contributed by atoms with Crippen LogP contribution < -0.4 is 10.6 Å². The highest BCUT2D eigenvalue weighted by molar-refractivity contribution is 7.89. The van der Waals surface area contributed by atoms with Crippen molar-refractivity contribution in [1.82, 2.24) is 19.5 Å². The molecule has 0 aromatic carbocycles. The third-order valence-corrected chi connectivity index (χ3v) is 6.93. The molecule has 3 rings (SSSR count). The minimum Gasteiger partial charge on any atom is -0.347 e. The van der Waals surface area contributed by atoms with Crippen molar-refractivity contribution in [2.75, 3.05) is 32.7 Å². The average molecular weight is 381 g/mol. The number of piperidine rings is 1. The molecule has 1 aromatic rings. The summed E-state index contributed by atoms with van der Waals surface area (Å²) in [7, 11) is -1.85. The van der Waals surface area contributed by atoms with E-state index < -0.39 is 10.0 Å². The molecule has 1 amide bonds. The predicted molar refractivity (Wildman–Crippen MR) is 100 cm³/mol. The highest BCUT2D eigenvalue weighted by atomic mass is 32.2. The van der Waals surface area contributed by atoms with Gasteiger partial charge in [0.1, 0.15) is 10.6 Å². The molecular formula is C18H28N4O3S. The molecule has 0 saturated carbocycles. The molecule has 7 nitrogen and oxygen atoms in total. The van der Waals surface area contributed by atoms with E-state index in [9.17, 15) is 13.2 Å². The summed E-state index contributed by atoms with van der Waals surface area (Å²) in [6.45, 7) is 5.40. The van der Waals surface area contributed by atoms with Gasteiger partial charge in [0.2, 0.25) is 10.0 Å². The van der Waals surface area contributed by atoms with Crippen LogP contribution in [0.5, 0.6) is 0 Å². The average Bonchev–Trinajstić information content (AvgIpc) is 3.03. The number of amides is 1. The number of aromatic nitrogens is 1. The van der Waals surface area contributed by atoms with Crippen molar-refractivity contribution in [2.45, 2.75) is 31.1 Å². The molecular weight excluding hydrogens is 352 g/mol. The van der Waals surface area contributed by atoms with Gasteiger partial charge in [0, 0.05) is 39.4 Å². The van der Waals surface area contributed by atoms with Crippen molar-refractivity contribution in [1.29, 1.82) is 0 Å². The van der Waals surface area contributed by atoms with E-state index in [0.717, 1.165) is 32.4 Å². The smallest absolute Gasteiger partial charge is 0.268 e. The first-order chi connectivity index (χ1) is 12.4. The van der Waals surface area contributed by atoms with Crippen molar-refractivity contribution < 1.29 is 13.2 Å². The Labute approximate surface area is 155 Å². The van der Waals surface area contributed by atoms with Crippen LogP contribution in [0.1, 0.15) is 36.7 Å². The van der Waals surface area contributed by atoms with Crippen molar-refractivity contribution in [2.24, 2.45) is 13.0 Å². The van der Waals surface area contributed by atoms with E-state index in [2.05, 4.69) is 23.6 Å². The number of hydrogen-bond donors (Lipinski definition) is 2. The fourth-order valence-corrected chi connectivity index (χ4v) is 5.20. The van der Waals surface area contributed by atoms with Crippen LogP contribution in [0.4, 0.5) is 0 Å². The number of rotatable bonds is 5. The molecule has 1 atom stereocenters. The predicted octanol–water partition coefficient (Wildman–Crippen LogP) is 1.10. The number of sulfonamides is 1. The third-order valence-electron chi connectivity index (χ3n) is 5.10. The summed E-state index contributed by atoms with van der Waals surface area (Å²) in [5.74, 6) is 0.114. The zero-order valence-electron chi connectivity index (χ0n) is 15.5. The Morgan fingerprint density at radius 1 is 1.42 bits per heavy atom. The van der Waals surface area contributed by atoms with Crippen LogP contribution in [0.15, 0.2) is 28.8 Å². The van der Waals surface area contributed by atoms with Gasteiger partial charge in [0.15, 0.2) is 0 Å². The molecule has 2 aliphatic rings. The summed E-state index contributed by atoms with van der Waals surface area (Å²) in [5, 5.41) is 6.13. The van der Waals surface area contributed by atoms with Gasteiger partial charge in [0.05, 0.1) is 0 Å². The maximum atomic E-state index is 12.9. The zero-order chi connectivity index (χ0) is 18.7. The Bertz CT molecular complexity index is 797. The Morgan fingerprint density at radius 2 is 2.23 bits per heavy atom. The number of carbonyl (C=O) groups is 1. The standard InChI is InChI=1S/C18H28N4O3S/c1-14-4-3-9-22(12-14)26(24,25)16-10-17(21(2)13-16)18(23)20-11-15-5-7-19-8-6-15/h5,10,13-14,19H,3-4,6-9,11-12H2,1-2H3,(H,20,23). The Hall–Kier alpha value is -1.64. The molecule has 2 aliphatic heterocycles. The quantitative estimate of drug-likeness (QED) is 0.749. The van der Waals surface area contributed by atoms with Gasteiger partial charge in [-0.3, -0.25) is 4.79 Å². The van der Waals surface area contributed by atoms with Crippen LogP contribution in [0.25, 0.3) is 0 Å². The summed E-state index contributed by atoms with van der Waals surface area (Å²) in [5.41, 5.74) is 1.56. The van der Waals surface area contributed by atoms with Crippen molar-refractivity contribution in [3.63, 3.8) is 0 Å². The van der Waals surface area contributed by atoms with Gasteiger partial charge in [0.25, 0.3) is 5.91 Å². The third kappa shape index (κ3) is 4.19. The van der Waals surface area contributed by atoms with Gasteiger partial charge in [-0.1, -0.05) is 18.6 Å². The van der Waals surface area contributed by atoms with Gasteiger partial charge in [-0.25, -0.2) is 8.42 Å². The molecule has 0 aliphatic carbocycles. The monoisotopic (exact) mass is 380 g/mol. The molecule has 0 spiro atoms. The van der Waals surface area contributed by atoms with Crippen LogP contribution in [-0.2, 0) is 17.1 Å². The first-order valence-corrected chi connectivity index (χ1v) is 10.7. The Morgan fingerprint density at radius 3 is 2.92 bits per heavy atom. The van der Waals surface area contributed by atoms with Gasteiger partial charge in [-0.2, -0.15) is 4.31 Å². The first-order valence-electron chi connectivity index (χ1n) is 9.21. The molecule has 144 valence electrons. The number of nitrogens with one attached hydrogen (secondary N) is 2. The Kier molecular flexibility index (Phi) is 5.84. The fraction of sp³-hybridized carbons (Fsp3) is 0.611. The van der Waals surface area contributed by atoms with Gasteiger partial charge >= 0.3 is 0 Å². The lowest BCUT2D eigenvalue weighted by molar-refractivity contribution is 0.0948. The molecule has 26 heavy (non-hydrogen) atoms. The maximum absolute atomic E-state index is 12.9. The summed E-state index contributed by atoms with van der Waals surface area (Å²) >= 11 is 0. The second-order valence-electron chi connectivity index (χ2n) is 7.28. The first kappa shape index (κ1) is 19.1. The SMILES string of the molecule is CC1CCCN(S(=O)(=O)c2cc(C(=O)NCC3=CCNCC3)n(C)c2)C1. The van der Waals surface area contributed by atoms with Gasteiger partial charge in [-0.15, -0.1) is 0 Å². The van der Waals surface area contributed by atoms with Gasteiger partial charge in [-0.05, 0) is 37.8 Å². The topological polar surface area (TPSA) is 83.4 Å².